The van der Waals surface area contributed by atoms with E-state index in [4.69, 9.17) is 4.74 Å². The van der Waals surface area contributed by atoms with Gasteiger partial charge in [-0.25, -0.2) is 8.42 Å². The third-order valence-electron chi connectivity index (χ3n) is 5.13. The first kappa shape index (κ1) is 23.8. The van der Waals surface area contributed by atoms with Gasteiger partial charge < -0.3 is 15.4 Å². The molecule has 1 aromatic carbocycles. The van der Waals surface area contributed by atoms with Crippen LogP contribution in [0.1, 0.15) is 28.8 Å². The minimum absolute atomic E-state index is 0.111. The number of carbonyl (C=O) groups is 2. The predicted molar refractivity (Wildman–Crippen MR) is 118 cm³/mol. The molecule has 32 heavy (non-hydrogen) atoms. The van der Waals surface area contributed by atoms with Gasteiger partial charge in [0.2, 0.25) is 10.0 Å². The summed E-state index contributed by atoms with van der Waals surface area (Å²) in [6.45, 7) is 6.04. The largest absolute Gasteiger partial charge is 0.360 e. The van der Waals surface area contributed by atoms with E-state index in [0.29, 0.717) is 29.8 Å². The van der Waals surface area contributed by atoms with Crippen molar-refractivity contribution >= 4 is 21.8 Å². The first-order valence-electron chi connectivity index (χ1n) is 10.4. The summed E-state index contributed by atoms with van der Waals surface area (Å²) < 4.78 is 33.8. The van der Waals surface area contributed by atoms with Crippen LogP contribution in [-0.4, -0.2) is 55.4 Å². The monoisotopic (exact) mass is 460 g/mol. The van der Waals surface area contributed by atoms with Gasteiger partial charge in [-0.1, -0.05) is 23.8 Å². The molecule has 1 fully saturated rings. The summed E-state index contributed by atoms with van der Waals surface area (Å²) >= 11 is 0. The zero-order valence-corrected chi connectivity index (χ0v) is 19.2. The van der Waals surface area contributed by atoms with E-state index in [2.05, 4.69) is 15.6 Å². The number of amides is 2. The van der Waals surface area contributed by atoms with Gasteiger partial charge in [-0.3, -0.25) is 14.6 Å². The van der Waals surface area contributed by atoms with E-state index in [0.717, 1.165) is 5.56 Å². The Morgan fingerprint density at radius 2 is 1.81 bits per heavy atom. The maximum absolute atomic E-state index is 13.4. The zero-order chi connectivity index (χ0) is 23.3. The van der Waals surface area contributed by atoms with Gasteiger partial charge in [0.25, 0.3) is 0 Å². The summed E-state index contributed by atoms with van der Waals surface area (Å²) in [5.74, 6) is -1.69. The fourth-order valence-corrected chi connectivity index (χ4v) is 5.79. The molecule has 0 aliphatic carbocycles. The fourth-order valence-electron chi connectivity index (χ4n) is 3.81. The van der Waals surface area contributed by atoms with Crippen LogP contribution < -0.4 is 10.6 Å². The minimum Gasteiger partial charge on any atom is -0.360 e. The molecule has 3 rings (SSSR count). The number of hydrogen-bond donors (Lipinski definition) is 2. The van der Waals surface area contributed by atoms with Crippen LogP contribution in [0.15, 0.2) is 41.4 Å². The van der Waals surface area contributed by atoms with Gasteiger partial charge in [0.05, 0.1) is 30.3 Å². The lowest BCUT2D eigenvalue weighted by Gasteiger charge is -2.35. The Labute approximate surface area is 188 Å². The molecule has 0 spiro atoms. The SMILES string of the molecule is Cc1cc(C)c(S(=O)(=O)N2CCCO[C@H]2CNC(=O)C(=O)NCc2ccccn2)c(C)c1. The number of nitrogens with zero attached hydrogens (tertiary/aromatic N) is 2. The molecule has 1 saturated heterocycles. The van der Waals surface area contributed by atoms with Gasteiger partial charge in [0, 0.05) is 12.7 Å². The van der Waals surface area contributed by atoms with Crippen LogP contribution in [0, 0.1) is 20.8 Å². The van der Waals surface area contributed by atoms with Crippen LogP contribution in [-0.2, 0) is 30.9 Å². The van der Waals surface area contributed by atoms with E-state index in [9.17, 15) is 18.0 Å². The third-order valence-corrected chi connectivity index (χ3v) is 7.32. The van der Waals surface area contributed by atoms with Crippen LogP contribution in [0.4, 0.5) is 0 Å². The number of benzene rings is 1. The highest BCUT2D eigenvalue weighted by Crippen LogP contribution is 2.28. The molecule has 0 radical (unpaired) electrons. The maximum atomic E-state index is 13.4. The summed E-state index contributed by atoms with van der Waals surface area (Å²) in [6, 6.07) is 8.91. The number of nitrogens with one attached hydrogen (secondary N) is 2. The van der Waals surface area contributed by atoms with E-state index < -0.39 is 28.1 Å². The lowest BCUT2D eigenvalue weighted by molar-refractivity contribution is -0.140. The van der Waals surface area contributed by atoms with E-state index in [-0.39, 0.29) is 24.5 Å². The van der Waals surface area contributed by atoms with Gasteiger partial charge in [0.15, 0.2) is 0 Å². The minimum atomic E-state index is -3.86. The molecular formula is C22H28N4O5S. The summed E-state index contributed by atoms with van der Waals surface area (Å²) in [5.41, 5.74) is 2.91. The zero-order valence-electron chi connectivity index (χ0n) is 18.4. The van der Waals surface area contributed by atoms with Crippen LogP contribution in [0.25, 0.3) is 0 Å². The Morgan fingerprint density at radius 3 is 2.47 bits per heavy atom. The average Bonchev–Trinajstić information content (AvgIpc) is 2.75. The summed E-state index contributed by atoms with van der Waals surface area (Å²) in [4.78, 5) is 28.6. The molecule has 10 heteroatoms. The Hall–Kier alpha value is -2.82. The van der Waals surface area contributed by atoms with Crippen LogP contribution in [0.3, 0.4) is 0 Å². The standard InChI is InChI=1S/C22H28N4O5S/c1-15-11-16(2)20(17(3)12-15)32(29,30)26-9-6-10-31-19(26)14-25-22(28)21(27)24-13-18-7-4-5-8-23-18/h4-5,7-8,11-12,19H,6,9-10,13-14H2,1-3H3,(H,24,27)(H,25,28)/t19-/m0/s1. The first-order chi connectivity index (χ1) is 15.2. The summed E-state index contributed by atoms with van der Waals surface area (Å²) in [5, 5.41) is 4.97. The quantitative estimate of drug-likeness (QED) is 0.625. The summed E-state index contributed by atoms with van der Waals surface area (Å²) in [6.07, 6.45) is 1.23. The number of ether oxygens (including phenoxy) is 1. The highest BCUT2D eigenvalue weighted by molar-refractivity contribution is 7.89. The molecule has 2 amide bonds. The molecule has 1 atom stereocenters. The molecule has 2 aromatic rings. The smallest absolute Gasteiger partial charge is 0.309 e. The second kappa shape index (κ2) is 10.2. The number of rotatable bonds is 6. The van der Waals surface area contributed by atoms with Crippen molar-refractivity contribution in [2.24, 2.45) is 0 Å². The van der Waals surface area contributed by atoms with Crippen molar-refractivity contribution in [2.45, 2.75) is 44.9 Å². The number of aryl methyl sites for hydroxylation is 3. The van der Waals surface area contributed by atoms with Crippen molar-refractivity contribution in [3.8, 4) is 0 Å². The van der Waals surface area contributed by atoms with E-state index in [1.165, 1.54) is 4.31 Å². The Morgan fingerprint density at radius 1 is 1.12 bits per heavy atom. The molecule has 0 unspecified atom stereocenters. The highest BCUT2D eigenvalue weighted by Gasteiger charge is 2.36. The molecule has 0 saturated carbocycles. The van der Waals surface area contributed by atoms with Crippen LogP contribution >= 0.6 is 0 Å². The van der Waals surface area contributed by atoms with Crippen LogP contribution in [0.2, 0.25) is 0 Å². The second-order valence-corrected chi connectivity index (χ2v) is 9.56. The van der Waals surface area contributed by atoms with Gasteiger partial charge in [-0.15, -0.1) is 0 Å². The van der Waals surface area contributed by atoms with Crippen molar-refractivity contribution in [3.63, 3.8) is 0 Å². The average molecular weight is 461 g/mol. The van der Waals surface area contributed by atoms with Crippen molar-refractivity contribution < 1.29 is 22.7 Å². The van der Waals surface area contributed by atoms with Gasteiger partial charge in [0.1, 0.15) is 6.23 Å². The molecule has 2 N–H and O–H groups in total. The second-order valence-electron chi connectivity index (χ2n) is 7.74. The number of aromatic nitrogens is 1. The van der Waals surface area contributed by atoms with Crippen molar-refractivity contribution in [3.05, 3.63) is 58.9 Å². The Kier molecular flexibility index (Phi) is 7.60. The highest BCUT2D eigenvalue weighted by atomic mass is 32.2. The van der Waals surface area contributed by atoms with E-state index in [1.807, 2.05) is 19.1 Å². The van der Waals surface area contributed by atoms with E-state index >= 15 is 0 Å². The Balaban J connectivity index is 1.66. The van der Waals surface area contributed by atoms with Crippen molar-refractivity contribution in [2.75, 3.05) is 19.7 Å². The normalized spacial score (nSPS) is 17.0. The molecule has 1 aliphatic rings. The number of carbonyl (C=O) groups excluding carboxylic acids is 2. The number of sulfonamides is 1. The Bertz CT molecular complexity index is 1070. The van der Waals surface area contributed by atoms with Crippen molar-refractivity contribution in [1.82, 2.24) is 19.9 Å². The number of pyridine rings is 1. The topological polar surface area (TPSA) is 118 Å². The van der Waals surface area contributed by atoms with Gasteiger partial charge >= 0.3 is 11.8 Å². The molecule has 2 heterocycles. The van der Waals surface area contributed by atoms with Crippen molar-refractivity contribution in [1.29, 1.82) is 0 Å². The fraction of sp³-hybridized carbons (Fsp3) is 0.409. The van der Waals surface area contributed by atoms with Crippen LogP contribution in [0.5, 0.6) is 0 Å². The summed E-state index contributed by atoms with van der Waals surface area (Å²) in [7, 11) is -3.86. The van der Waals surface area contributed by atoms with Gasteiger partial charge in [-0.2, -0.15) is 4.31 Å². The molecule has 9 nitrogen and oxygen atoms in total. The van der Waals surface area contributed by atoms with Gasteiger partial charge in [-0.05, 0) is 50.5 Å². The molecular weight excluding hydrogens is 432 g/mol. The molecule has 0 bridgehead atoms. The third kappa shape index (κ3) is 5.50. The predicted octanol–water partition coefficient (Wildman–Crippen LogP) is 1.18. The maximum Gasteiger partial charge on any atom is 0.309 e. The lowest BCUT2D eigenvalue weighted by atomic mass is 10.1. The first-order valence-corrected chi connectivity index (χ1v) is 11.8. The number of hydrogen-bond acceptors (Lipinski definition) is 6. The van der Waals surface area contributed by atoms with E-state index in [1.54, 1.807) is 38.2 Å². The lowest BCUT2D eigenvalue weighted by Crippen LogP contribution is -2.53. The molecule has 1 aliphatic heterocycles. The molecule has 172 valence electrons. The molecule has 1 aromatic heterocycles.